The van der Waals surface area contributed by atoms with Crippen LogP contribution in [0.5, 0.6) is 0 Å². The Morgan fingerprint density at radius 3 is 2.52 bits per heavy atom. The van der Waals surface area contributed by atoms with E-state index in [0.29, 0.717) is 30.6 Å². The molecule has 132 valence electrons. The third kappa shape index (κ3) is 3.99. The monoisotopic (exact) mass is 362 g/mol. The predicted molar refractivity (Wildman–Crippen MR) is 95.4 cm³/mol. The van der Waals surface area contributed by atoms with Crippen molar-refractivity contribution in [2.24, 2.45) is 0 Å². The summed E-state index contributed by atoms with van der Waals surface area (Å²) >= 11 is 0. The fourth-order valence-electron chi connectivity index (χ4n) is 2.99. The molecule has 1 heterocycles. The number of benzene rings is 2. The van der Waals surface area contributed by atoms with Crippen molar-refractivity contribution in [3.05, 3.63) is 59.4 Å². The van der Waals surface area contributed by atoms with Gasteiger partial charge in [0.15, 0.2) is 0 Å². The quantitative estimate of drug-likeness (QED) is 0.889. The van der Waals surface area contributed by atoms with Crippen molar-refractivity contribution < 1.29 is 17.6 Å². The van der Waals surface area contributed by atoms with Gasteiger partial charge in [-0.2, -0.15) is 0 Å². The zero-order valence-electron chi connectivity index (χ0n) is 13.8. The lowest BCUT2D eigenvalue weighted by Crippen LogP contribution is -2.34. The average Bonchev–Trinajstić information content (AvgIpc) is 2.56. The maximum Gasteiger partial charge on any atom is 0.236 e. The second kappa shape index (κ2) is 6.84. The molecule has 0 aromatic heterocycles. The fourth-order valence-corrected chi connectivity index (χ4v) is 4.18. The minimum atomic E-state index is -3.61. The minimum absolute atomic E-state index is 0.0830. The molecule has 1 aliphatic heterocycles. The molecule has 25 heavy (non-hydrogen) atoms. The molecule has 0 atom stereocenters. The molecule has 0 aliphatic carbocycles. The summed E-state index contributed by atoms with van der Waals surface area (Å²) in [5.41, 5.74) is 2.75. The summed E-state index contributed by atoms with van der Waals surface area (Å²) in [4.78, 5) is 13.6. The molecule has 2 aromatic rings. The molecule has 0 fully saturated rings. The highest BCUT2D eigenvalue weighted by Crippen LogP contribution is 2.30. The number of nitrogens with one attached hydrogen (secondary N) is 1. The Morgan fingerprint density at radius 1 is 1.12 bits per heavy atom. The van der Waals surface area contributed by atoms with Gasteiger partial charge in [0.2, 0.25) is 15.9 Å². The van der Waals surface area contributed by atoms with E-state index in [1.54, 1.807) is 23.1 Å². The molecule has 1 amide bonds. The van der Waals surface area contributed by atoms with Crippen molar-refractivity contribution in [1.29, 1.82) is 0 Å². The van der Waals surface area contributed by atoms with Crippen molar-refractivity contribution >= 4 is 27.3 Å². The Balaban J connectivity index is 1.78. The minimum Gasteiger partial charge on any atom is -0.312 e. The maximum absolute atomic E-state index is 12.9. The molecule has 2 aromatic carbocycles. The van der Waals surface area contributed by atoms with E-state index in [4.69, 9.17) is 0 Å². The van der Waals surface area contributed by atoms with Crippen LogP contribution in [-0.2, 0) is 27.0 Å². The number of fused-ring (bicyclic) bond motifs is 1. The zero-order chi connectivity index (χ0) is 18.0. The molecule has 5 nitrogen and oxygen atoms in total. The topological polar surface area (TPSA) is 66.5 Å². The van der Waals surface area contributed by atoms with Crippen LogP contribution in [0.2, 0.25) is 0 Å². The van der Waals surface area contributed by atoms with Gasteiger partial charge >= 0.3 is 0 Å². The van der Waals surface area contributed by atoms with Crippen molar-refractivity contribution in [3.63, 3.8) is 0 Å². The first-order chi connectivity index (χ1) is 11.9. The molecule has 0 spiro atoms. The Labute approximate surface area is 146 Å². The summed E-state index contributed by atoms with van der Waals surface area (Å²) in [5, 5.41) is 0. The van der Waals surface area contributed by atoms with Crippen molar-refractivity contribution in [2.75, 3.05) is 16.2 Å². The third-order valence-corrected chi connectivity index (χ3v) is 5.40. The molecule has 3 rings (SSSR count). The third-order valence-electron chi connectivity index (χ3n) is 4.14. The number of nitrogens with zero attached hydrogens (tertiary/aromatic N) is 1. The first-order valence-electron chi connectivity index (χ1n) is 8.06. The van der Waals surface area contributed by atoms with Crippen LogP contribution in [0, 0.1) is 5.82 Å². The number of aryl methyl sites for hydroxylation is 1. The van der Waals surface area contributed by atoms with E-state index in [9.17, 15) is 17.6 Å². The van der Waals surface area contributed by atoms with Crippen LogP contribution in [0.1, 0.15) is 24.5 Å². The summed E-state index contributed by atoms with van der Waals surface area (Å²) in [6, 6.07) is 10.6. The van der Waals surface area contributed by atoms with E-state index in [2.05, 4.69) is 4.72 Å². The number of amides is 1. The Hall–Kier alpha value is -2.41. The van der Waals surface area contributed by atoms with Gasteiger partial charge in [0, 0.05) is 24.3 Å². The number of rotatable bonds is 5. The second-order valence-corrected chi connectivity index (χ2v) is 7.69. The van der Waals surface area contributed by atoms with Gasteiger partial charge in [-0.1, -0.05) is 12.1 Å². The zero-order valence-corrected chi connectivity index (χ0v) is 14.6. The van der Waals surface area contributed by atoms with Gasteiger partial charge in [-0.05, 0) is 54.8 Å². The molecule has 0 unspecified atom stereocenters. The van der Waals surface area contributed by atoms with Crippen LogP contribution in [0.4, 0.5) is 15.8 Å². The fraction of sp³-hybridized carbons (Fsp3) is 0.278. The highest BCUT2D eigenvalue weighted by molar-refractivity contribution is 7.91. The molecule has 1 aliphatic rings. The van der Waals surface area contributed by atoms with Crippen LogP contribution in [0.25, 0.3) is 0 Å². The highest BCUT2D eigenvalue weighted by atomic mass is 32.2. The van der Waals surface area contributed by atoms with E-state index in [0.717, 1.165) is 11.3 Å². The number of hydrogen-bond donors (Lipinski definition) is 1. The smallest absolute Gasteiger partial charge is 0.236 e. The first kappa shape index (κ1) is 17.4. The van der Waals surface area contributed by atoms with Crippen LogP contribution >= 0.6 is 0 Å². The van der Waals surface area contributed by atoms with Crippen molar-refractivity contribution in [1.82, 2.24) is 0 Å². The van der Waals surface area contributed by atoms with Gasteiger partial charge in [0.1, 0.15) is 5.82 Å². The number of anilines is 2. The van der Waals surface area contributed by atoms with Gasteiger partial charge in [0.05, 0.1) is 5.75 Å². The van der Waals surface area contributed by atoms with E-state index in [-0.39, 0.29) is 11.7 Å². The standard InChI is InChI=1S/C18H19FN2O3S/c1-2-21-17-9-8-16(11-14(17)5-10-18(21)22)20-25(23,24)12-13-3-6-15(19)7-4-13/h3-4,6-9,11,20H,2,5,10,12H2,1H3. The van der Waals surface area contributed by atoms with Crippen LogP contribution in [-0.4, -0.2) is 20.9 Å². The maximum atomic E-state index is 12.9. The lowest BCUT2D eigenvalue weighted by Gasteiger charge is -2.28. The summed E-state index contributed by atoms with van der Waals surface area (Å²) in [5.74, 6) is -0.553. The molecule has 7 heteroatoms. The molecule has 0 saturated heterocycles. The molecule has 0 bridgehead atoms. The van der Waals surface area contributed by atoms with Crippen molar-refractivity contribution in [3.8, 4) is 0 Å². The summed E-state index contributed by atoms with van der Waals surface area (Å²) in [6.45, 7) is 2.49. The lowest BCUT2D eigenvalue weighted by atomic mass is 10.0. The predicted octanol–water partition coefficient (Wildman–Crippen LogP) is 3.07. The van der Waals surface area contributed by atoms with Gasteiger partial charge in [-0.15, -0.1) is 0 Å². The number of carbonyl (C=O) groups excluding carboxylic acids is 1. The number of halogens is 1. The van der Waals surface area contributed by atoms with Crippen LogP contribution in [0.15, 0.2) is 42.5 Å². The van der Waals surface area contributed by atoms with Crippen molar-refractivity contribution in [2.45, 2.75) is 25.5 Å². The van der Waals surface area contributed by atoms with E-state index in [1.807, 2.05) is 6.92 Å². The SMILES string of the molecule is CCN1C(=O)CCc2cc(NS(=O)(=O)Cc3ccc(F)cc3)ccc21. The van der Waals surface area contributed by atoms with Gasteiger partial charge in [-0.3, -0.25) is 9.52 Å². The molecule has 0 saturated carbocycles. The van der Waals surface area contributed by atoms with Crippen LogP contribution < -0.4 is 9.62 Å². The Morgan fingerprint density at radius 2 is 1.84 bits per heavy atom. The normalized spacial score (nSPS) is 14.3. The molecular weight excluding hydrogens is 343 g/mol. The molecular formula is C18H19FN2O3S. The number of sulfonamides is 1. The van der Waals surface area contributed by atoms with E-state index < -0.39 is 15.8 Å². The summed E-state index contributed by atoms with van der Waals surface area (Å²) < 4.78 is 40.1. The Bertz CT molecular complexity index is 895. The average molecular weight is 362 g/mol. The largest absolute Gasteiger partial charge is 0.312 e. The molecule has 1 N–H and O–H groups in total. The second-order valence-electron chi connectivity index (χ2n) is 5.97. The van der Waals surface area contributed by atoms with Gasteiger partial charge < -0.3 is 4.90 Å². The first-order valence-corrected chi connectivity index (χ1v) is 9.71. The van der Waals surface area contributed by atoms with Gasteiger partial charge in [-0.25, -0.2) is 12.8 Å². The van der Waals surface area contributed by atoms with E-state index in [1.165, 1.54) is 24.3 Å². The summed E-state index contributed by atoms with van der Waals surface area (Å²) in [7, 11) is -3.61. The Kier molecular flexibility index (Phi) is 4.76. The lowest BCUT2D eigenvalue weighted by molar-refractivity contribution is -0.118. The number of hydrogen-bond acceptors (Lipinski definition) is 3. The number of carbonyl (C=O) groups is 1. The summed E-state index contributed by atoms with van der Waals surface area (Å²) in [6.07, 6.45) is 1.02. The highest BCUT2D eigenvalue weighted by Gasteiger charge is 2.23. The van der Waals surface area contributed by atoms with Gasteiger partial charge in [0.25, 0.3) is 0 Å². The molecule has 0 radical (unpaired) electrons. The van der Waals surface area contributed by atoms with Crippen LogP contribution in [0.3, 0.4) is 0 Å². The van der Waals surface area contributed by atoms with E-state index >= 15 is 0 Å².